The van der Waals surface area contributed by atoms with Gasteiger partial charge in [-0.3, -0.25) is 0 Å². The molecule has 2 aliphatic heterocycles. The molecule has 10 aromatic carbocycles. The molecule has 4 heterocycles. The molecule has 14 rings (SSSR count). The fraction of sp³-hybridized carbons (Fsp3) is 0. The van der Waals surface area contributed by atoms with E-state index in [0.717, 1.165) is 61.1 Å². The van der Waals surface area contributed by atoms with Gasteiger partial charge in [-0.15, -0.1) is 22.7 Å². The number of halogens is 1. The molecular formula is C64H42BBrN4S2. The van der Waals surface area contributed by atoms with Crippen LogP contribution in [0.1, 0.15) is 0 Å². The van der Waals surface area contributed by atoms with Crippen molar-refractivity contribution in [1.29, 1.82) is 0 Å². The van der Waals surface area contributed by atoms with E-state index in [-0.39, 0.29) is 6.71 Å². The number of benzene rings is 10. The minimum absolute atomic E-state index is 0.0433. The maximum absolute atomic E-state index is 3.97. The van der Waals surface area contributed by atoms with Crippen molar-refractivity contribution in [1.82, 2.24) is 0 Å². The Hall–Kier alpha value is -8.14. The summed E-state index contributed by atoms with van der Waals surface area (Å²) in [6.07, 6.45) is 0. The van der Waals surface area contributed by atoms with Crippen molar-refractivity contribution in [2.75, 3.05) is 19.6 Å². The Morgan fingerprint density at radius 1 is 0.403 bits per heavy atom. The molecule has 0 bridgehead atoms. The van der Waals surface area contributed by atoms with E-state index in [1.807, 2.05) is 11.3 Å². The van der Waals surface area contributed by atoms with Crippen molar-refractivity contribution in [3.63, 3.8) is 0 Å². The minimum Gasteiger partial charge on any atom is -0.311 e. The Balaban J connectivity index is 1.01. The second-order valence-electron chi connectivity index (χ2n) is 18.2. The summed E-state index contributed by atoms with van der Waals surface area (Å²) in [5.41, 5.74) is 18.6. The molecule has 0 atom stereocenters. The minimum atomic E-state index is 0.0433. The lowest BCUT2D eigenvalue weighted by molar-refractivity contribution is 1.25. The molecule has 0 radical (unpaired) electrons. The number of para-hydroxylation sites is 6. The third kappa shape index (κ3) is 7.01. The van der Waals surface area contributed by atoms with Crippen molar-refractivity contribution in [3.8, 4) is 11.1 Å². The molecule has 0 aliphatic carbocycles. The summed E-state index contributed by atoms with van der Waals surface area (Å²) in [6, 6.07) is 90.7. The Kier molecular flexibility index (Phi) is 10.5. The highest BCUT2D eigenvalue weighted by Gasteiger charge is 2.45. The van der Waals surface area contributed by atoms with Crippen LogP contribution in [0.25, 0.3) is 31.3 Å². The van der Waals surface area contributed by atoms with E-state index in [4.69, 9.17) is 0 Å². The van der Waals surface area contributed by atoms with Crippen LogP contribution in [0.2, 0.25) is 0 Å². The van der Waals surface area contributed by atoms with E-state index in [0.29, 0.717) is 0 Å². The van der Waals surface area contributed by atoms with Gasteiger partial charge in [-0.1, -0.05) is 140 Å². The van der Waals surface area contributed by atoms with Crippen molar-refractivity contribution in [2.24, 2.45) is 0 Å². The van der Waals surface area contributed by atoms with Crippen LogP contribution in [0.3, 0.4) is 0 Å². The molecule has 72 heavy (non-hydrogen) atoms. The monoisotopic (exact) mass is 1020 g/mol. The lowest BCUT2D eigenvalue weighted by Crippen LogP contribution is -2.60. The Morgan fingerprint density at radius 2 is 0.972 bits per heavy atom. The van der Waals surface area contributed by atoms with Crippen LogP contribution in [0, 0.1) is 0 Å². The van der Waals surface area contributed by atoms with Gasteiger partial charge in [0.1, 0.15) is 0 Å². The largest absolute Gasteiger partial charge is 0.311 e. The zero-order valence-corrected chi connectivity index (χ0v) is 42.0. The fourth-order valence-corrected chi connectivity index (χ4v) is 13.8. The molecule has 2 aliphatic rings. The number of hydrogen-bond donors (Lipinski definition) is 0. The molecule has 4 nitrogen and oxygen atoms in total. The second-order valence-corrected chi connectivity index (χ2v) is 21.1. The third-order valence-electron chi connectivity index (χ3n) is 14.1. The maximum atomic E-state index is 3.97. The van der Waals surface area contributed by atoms with Gasteiger partial charge in [0.2, 0.25) is 0 Å². The highest BCUT2D eigenvalue weighted by Crippen LogP contribution is 2.50. The predicted molar refractivity (Wildman–Crippen MR) is 314 cm³/mol. The molecule has 340 valence electrons. The Bertz CT molecular complexity index is 3990. The molecule has 0 N–H and O–H groups in total. The first kappa shape index (κ1) is 42.7. The lowest BCUT2D eigenvalue weighted by Gasteiger charge is -2.43. The molecule has 0 unspecified atom stereocenters. The van der Waals surface area contributed by atoms with Crippen LogP contribution in [0.5, 0.6) is 0 Å². The van der Waals surface area contributed by atoms with Crippen molar-refractivity contribution in [3.05, 3.63) is 259 Å². The number of anilines is 12. The van der Waals surface area contributed by atoms with E-state index in [9.17, 15) is 0 Å². The lowest BCUT2D eigenvalue weighted by atomic mass is 9.36. The topological polar surface area (TPSA) is 13.0 Å². The van der Waals surface area contributed by atoms with Crippen LogP contribution in [0.4, 0.5) is 68.2 Å². The third-order valence-corrected chi connectivity index (χ3v) is 16.9. The van der Waals surface area contributed by atoms with E-state index in [2.05, 4.69) is 290 Å². The highest BCUT2D eigenvalue weighted by molar-refractivity contribution is 9.10. The van der Waals surface area contributed by atoms with Crippen LogP contribution in [0.15, 0.2) is 259 Å². The van der Waals surface area contributed by atoms with Gasteiger partial charge in [0.25, 0.3) is 6.71 Å². The van der Waals surface area contributed by atoms with Gasteiger partial charge in [0.05, 0.1) is 17.1 Å². The molecule has 12 aromatic rings. The summed E-state index contributed by atoms with van der Waals surface area (Å²) in [4.78, 5) is 9.79. The highest BCUT2D eigenvalue weighted by atomic mass is 79.9. The van der Waals surface area contributed by atoms with Crippen molar-refractivity contribution < 1.29 is 0 Å². The number of nitrogens with zero attached hydrogens (tertiary/aromatic N) is 4. The Labute approximate surface area is 435 Å². The normalized spacial score (nSPS) is 12.4. The van der Waals surface area contributed by atoms with Gasteiger partial charge < -0.3 is 19.6 Å². The molecule has 0 fully saturated rings. The molecular weight excluding hydrogens is 980 g/mol. The summed E-state index contributed by atoms with van der Waals surface area (Å²) >= 11 is 7.69. The molecule has 0 saturated heterocycles. The molecule has 2 aromatic heterocycles. The van der Waals surface area contributed by atoms with Gasteiger partial charge in [-0.05, 0) is 147 Å². The van der Waals surface area contributed by atoms with Crippen LogP contribution < -0.4 is 35.3 Å². The standard InChI is InChI=1S/C64H42BBrN4S2/c66-54-30-15-17-32-56(54)67(45-20-5-1-6-21-45)49-38-44(39-50(41-49)68(46-22-7-2-8-23-46)59-42-71-60-35-18-13-28-51(59)60)43-36-37-52-61(40-43)72-64-63(52)70(48-26-11-4-12-27-48)58-34-19-33-57-62(58)65(64)53-29-14-16-31-55(53)69(57)47-24-9-3-10-25-47/h1-42H. The van der Waals surface area contributed by atoms with Gasteiger partial charge >= 0.3 is 0 Å². The van der Waals surface area contributed by atoms with Gasteiger partial charge in [0.15, 0.2) is 0 Å². The van der Waals surface area contributed by atoms with Crippen molar-refractivity contribution in [2.45, 2.75) is 0 Å². The smallest absolute Gasteiger partial charge is 0.264 e. The van der Waals surface area contributed by atoms with E-state index < -0.39 is 0 Å². The first-order chi connectivity index (χ1) is 35.7. The first-order valence-corrected chi connectivity index (χ1v) is 26.7. The van der Waals surface area contributed by atoms with Crippen molar-refractivity contribution >= 4 is 149 Å². The van der Waals surface area contributed by atoms with Gasteiger partial charge in [-0.25, -0.2) is 0 Å². The molecule has 0 saturated carbocycles. The summed E-state index contributed by atoms with van der Waals surface area (Å²) < 4.78 is 4.86. The average molecular weight is 1020 g/mol. The summed E-state index contributed by atoms with van der Waals surface area (Å²) in [5, 5.41) is 4.77. The maximum Gasteiger partial charge on any atom is 0.264 e. The van der Waals surface area contributed by atoms with E-state index in [1.165, 1.54) is 58.6 Å². The zero-order valence-electron chi connectivity index (χ0n) is 38.8. The zero-order chi connectivity index (χ0) is 47.7. The number of rotatable bonds is 9. The Morgan fingerprint density at radius 3 is 1.68 bits per heavy atom. The molecule has 8 heteroatoms. The second kappa shape index (κ2) is 17.6. The number of fused-ring (bicyclic) bond motifs is 7. The molecule has 0 amide bonds. The predicted octanol–water partition coefficient (Wildman–Crippen LogP) is 17.6. The van der Waals surface area contributed by atoms with E-state index >= 15 is 0 Å². The van der Waals surface area contributed by atoms with Crippen LogP contribution in [-0.2, 0) is 0 Å². The summed E-state index contributed by atoms with van der Waals surface area (Å²) in [5.74, 6) is 0. The van der Waals surface area contributed by atoms with Crippen LogP contribution in [-0.4, -0.2) is 6.71 Å². The SMILES string of the molecule is Brc1ccccc1N(c1ccccc1)c1cc(-c2ccc3c4c(sc3c2)B2c3ccccc3N(c3ccccc3)c3cccc(c32)N4c2ccccc2)cc(N(c2ccccc2)c2csc3ccccc23)c1. The quantitative estimate of drug-likeness (QED) is 0.134. The first-order valence-electron chi connectivity index (χ1n) is 24.2. The molecule has 0 spiro atoms. The summed E-state index contributed by atoms with van der Waals surface area (Å²) in [6.45, 7) is 0.0433. The van der Waals surface area contributed by atoms with E-state index in [1.54, 1.807) is 11.3 Å². The summed E-state index contributed by atoms with van der Waals surface area (Å²) in [7, 11) is 0. The van der Waals surface area contributed by atoms with Gasteiger partial charge in [-0.2, -0.15) is 0 Å². The number of thiophene rings is 2. The average Bonchev–Trinajstić information content (AvgIpc) is 4.04. The van der Waals surface area contributed by atoms with Gasteiger partial charge in [0, 0.05) is 86.0 Å². The fourth-order valence-electron chi connectivity index (χ4n) is 11.0. The van der Waals surface area contributed by atoms with Crippen LogP contribution >= 0.6 is 38.6 Å². The number of hydrogen-bond acceptors (Lipinski definition) is 6.